The molecule has 2 aromatic carbocycles. The number of aromatic nitrogens is 1. The molecule has 0 fully saturated rings. The smallest absolute Gasteiger partial charge is 0.339 e. The molecule has 186 valence electrons. The van der Waals surface area contributed by atoms with Crippen LogP contribution in [0.1, 0.15) is 45.8 Å². The van der Waals surface area contributed by atoms with E-state index in [1.165, 1.54) is 0 Å². The van der Waals surface area contributed by atoms with Crippen LogP contribution in [-0.2, 0) is 22.5 Å². The molecule has 2 N–H and O–H groups in total. The first-order valence-corrected chi connectivity index (χ1v) is 12.0. The van der Waals surface area contributed by atoms with Gasteiger partial charge in [0, 0.05) is 11.9 Å². The number of pyridine rings is 1. The van der Waals surface area contributed by atoms with Gasteiger partial charge in [0.1, 0.15) is 5.76 Å². The molecule has 0 saturated carbocycles. The second-order valence-electron chi connectivity index (χ2n) is 8.66. The molecule has 8 heteroatoms. The molecule has 5 rings (SSSR count). The van der Waals surface area contributed by atoms with Crippen molar-refractivity contribution in [3.63, 3.8) is 0 Å². The Morgan fingerprint density at radius 2 is 1.78 bits per heavy atom. The minimum Gasteiger partial charge on any atom is -0.465 e. The van der Waals surface area contributed by atoms with Gasteiger partial charge >= 0.3 is 12.0 Å². The Hall–Kier alpha value is -4.72. The molecule has 3 amide bonds. The van der Waals surface area contributed by atoms with Gasteiger partial charge in [0.2, 0.25) is 0 Å². The Bertz CT molecular complexity index is 1480. The average molecular weight is 496 g/mol. The van der Waals surface area contributed by atoms with Crippen molar-refractivity contribution >= 4 is 40.5 Å². The molecule has 0 atom stereocenters. The van der Waals surface area contributed by atoms with Gasteiger partial charge in [0.05, 0.1) is 23.0 Å². The Morgan fingerprint density at radius 1 is 0.973 bits per heavy atom. The molecule has 0 radical (unpaired) electrons. The largest absolute Gasteiger partial charge is 0.465 e. The molecular formula is C29H25N3O5. The molecule has 0 bridgehead atoms. The number of imide groups is 1. The minimum atomic E-state index is -0.718. The number of ether oxygens (including phenoxy) is 1. The van der Waals surface area contributed by atoms with Gasteiger partial charge in [-0.2, -0.15) is 0 Å². The molecular weight excluding hydrogens is 470 g/mol. The highest BCUT2D eigenvalue weighted by atomic mass is 16.5. The quantitative estimate of drug-likeness (QED) is 0.369. The Morgan fingerprint density at radius 3 is 2.59 bits per heavy atom. The number of hydrogen-bond acceptors (Lipinski definition) is 6. The fraction of sp³-hybridized carbons (Fsp3) is 0.172. The fourth-order valence-electron chi connectivity index (χ4n) is 4.44. The van der Waals surface area contributed by atoms with Crippen molar-refractivity contribution in [2.45, 2.75) is 25.8 Å². The first kappa shape index (κ1) is 24.0. The maximum Gasteiger partial charge on any atom is 0.339 e. The van der Waals surface area contributed by atoms with E-state index in [1.807, 2.05) is 72.8 Å². The van der Waals surface area contributed by atoms with E-state index in [1.54, 1.807) is 6.26 Å². The third-order valence-corrected chi connectivity index (χ3v) is 6.12. The number of fused-ring (bicyclic) bond motifs is 2. The summed E-state index contributed by atoms with van der Waals surface area (Å²) in [5, 5.41) is 5.45. The zero-order chi connectivity index (χ0) is 25.6. The number of para-hydroxylation sites is 1. The molecule has 0 spiro atoms. The van der Waals surface area contributed by atoms with Crippen molar-refractivity contribution in [3.05, 3.63) is 101 Å². The summed E-state index contributed by atoms with van der Waals surface area (Å²) < 4.78 is 10.9. The van der Waals surface area contributed by atoms with E-state index in [2.05, 4.69) is 10.6 Å². The van der Waals surface area contributed by atoms with Crippen LogP contribution in [0, 0.1) is 0 Å². The van der Waals surface area contributed by atoms with Crippen LogP contribution < -0.4 is 10.6 Å². The predicted octanol–water partition coefficient (Wildman–Crippen LogP) is 4.89. The van der Waals surface area contributed by atoms with Crippen LogP contribution in [-0.4, -0.2) is 29.5 Å². The Labute approximate surface area is 213 Å². The lowest BCUT2D eigenvalue weighted by molar-refractivity contribution is -0.123. The SMILES string of the molecule is O=C(COC(=O)c1c2c(nc3ccccc13)C(=Cc1ccco1)CCC2)NC(=O)NCc1ccccc1. The van der Waals surface area contributed by atoms with Gasteiger partial charge in [-0.05, 0) is 60.2 Å². The van der Waals surface area contributed by atoms with E-state index >= 15 is 0 Å². The predicted molar refractivity (Wildman–Crippen MR) is 138 cm³/mol. The maximum atomic E-state index is 13.3. The van der Waals surface area contributed by atoms with Gasteiger partial charge in [0.25, 0.3) is 5.91 Å². The number of esters is 1. The summed E-state index contributed by atoms with van der Waals surface area (Å²) in [5.74, 6) is -0.636. The van der Waals surface area contributed by atoms with Gasteiger partial charge in [0.15, 0.2) is 6.61 Å². The van der Waals surface area contributed by atoms with E-state index < -0.39 is 24.5 Å². The summed E-state index contributed by atoms with van der Waals surface area (Å²) >= 11 is 0. The molecule has 8 nitrogen and oxygen atoms in total. The standard InChI is InChI=1S/C29H25N3O5/c33-25(32-29(35)30-17-19-8-2-1-3-9-19)18-37-28(34)26-22-12-4-5-14-24(22)31-27-20(10-6-13-23(26)27)16-21-11-7-15-36-21/h1-5,7-9,11-12,14-16H,6,10,13,17-18H2,(H2,30,32,33,35). The van der Waals surface area contributed by atoms with Crippen LogP contribution in [0.5, 0.6) is 0 Å². The lowest BCUT2D eigenvalue weighted by Crippen LogP contribution is -2.41. The van der Waals surface area contributed by atoms with Crippen molar-refractivity contribution in [2.24, 2.45) is 0 Å². The molecule has 0 unspecified atom stereocenters. The van der Waals surface area contributed by atoms with Crippen molar-refractivity contribution in [2.75, 3.05) is 6.61 Å². The van der Waals surface area contributed by atoms with Gasteiger partial charge in [-0.1, -0.05) is 48.5 Å². The Kier molecular flexibility index (Phi) is 7.07. The maximum absolute atomic E-state index is 13.3. The number of amides is 3. The van der Waals surface area contributed by atoms with Gasteiger partial charge in [-0.3, -0.25) is 10.1 Å². The van der Waals surface area contributed by atoms with Crippen LogP contribution >= 0.6 is 0 Å². The molecule has 1 aliphatic carbocycles. The fourth-order valence-corrected chi connectivity index (χ4v) is 4.44. The number of nitrogens with zero attached hydrogens (tertiary/aromatic N) is 1. The molecule has 1 aliphatic rings. The average Bonchev–Trinajstić information content (AvgIpc) is 3.43. The topological polar surface area (TPSA) is 111 Å². The number of allylic oxidation sites excluding steroid dienone is 1. The number of benzene rings is 2. The normalized spacial score (nSPS) is 13.7. The number of carbonyl (C=O) groups is 3. The van der Waals surface area contributed by atoms with Crippen LogP contribution in [0.4, 0.5) is 4.79 Å². The van der Waals surface area contributed by atoms with Crippen molar-refractivity contribution in [1.29, 1.82) is 0 Å². The third kappa shape index (κ3) is 5.59. The van der Waals surface area contributed by atoms with Crippen molar-refractivity contribution in [1.82, 2.24) is 15.6 Å². The summed E-state index contributed by atoms with van der Waals surface area (Å²) in [6, 6.07) is 19.7. The van der Waals surface area contributed by atoms with Crippen LogP contribution in [0.25, 0.3) is 22.6 Å². The molecule has 2 heterocycles. The van der Waals surface area contributed by atoms with E-state index in [-0.39, 0.29) is 6.54 Å². The second kappa shape index (κ2) is 10.9. The lowest BCUT2D eigenvalue weighted by Gasteiger charge is -2.22. The third-order valence-electron chi connectivity index (χ3n) is 6.12. The number of furan rings is 1. The summed E-state index contributed by atoms with van der Waals surface area (Å²) in [7, 11) is 0. The van der Waals surface area contributed by atoms with Crippen LogP contribution in [0.2, 0.25) is 0 Å². The van der Waals surface area contributed by atoms with E-state index in [4.69, 9.17) is 14.1 Å². The highest BCUT2D eigenvalue weighted by Gasteiger charge is 2.26. The van der Waals surface area contributed by atoms with Crippen LogP contribution in [0.3, 0.4) is 0 Å². The first-order valence-electron chi connectivity index (χ1n) is 12.0. The second-order valence-corrected chi connectivity index (χ2v) is 8.66. The first-order chi connectivity index (χ1) is 18.1. The molecule has 2 aromatic heterocycles. The summed E-state index contributed by atoms with van der Waals surface area (Å²) in [6.45, 7) is -0.319. The number of rotatable bonds is 6. The van der Waals surface area contributed by atoms with Crippen molar-refractivity contribution in [3.8, 4) is 0 Å². The number of carbonyl (C=O) groups excluding carboxylic acids is 3. The summed E-state index contributed by atoms with van der Waals surface area (Å²) in [5.41, 5.74) is 4.44. The van der Waals surface area contributed by atoms with Gasteiger partial charge in [-0.15, -0.1) is 0 Å². The number of urea groups is 1. The summed E-state index contributed by atoms with van der Waals surface area (Å²) in [6.07, 6.45) is 5.84. The number of hydrogen-bond donors (Lipinski definition) is 2. The van der Waals surface area contributed by atoms with Gasteiger partial charge < -0.3 is 14.5 Å². The molecule has 4 aromatic rings. The molecule has 0 saturated heterocycles. The zero-order valence-corrected chi connectivity index (χ0v) is 20.0. The summed E-state index contributed by atoms with van der Waals surface area (Å²) in [4.78, 5) is 42.5. The Balaban J connectivity index is 1.32. The van der Waals surface area contributed by atoms with E-state index in [0.717, 1.165) is 35.2 Å². The monoisotopic (exact) mass is 495 g/mol. The minimum absolute atomic E-state index is 0.267. The van der Waals surface area contributed by atoms with Crippen LogP contribution in [0.15, 0.2) is 77.4 Å². The van der Waals surface area contributed by atoms with E-state index in [9.17, 15) is 14.4 Å². The molecule has 37 heavy (non-hydrogen) atoms. The highest BCUT2D eigenvalue weighted by molar-refractivity contribution is 6.07. The highest BCUT2D eigenvalue weighted by Crippen LogP contribution is 2.36. The molecule has 0 aliphatic heterocycles. The number of nitrogens with one attached hydrogen (secondary N) is 2. The van der Waals surface area contributed by atoms with Gasteiger partial charge in [-0.25, -0.2) is 14.6 Å². The van der Waals surface area contributed by atoms with Crippen molar-refractivity contribution < 1.29 is 23.5 Å². The van der Waals surface area contributed by atoms with E-state index in [0.29, 0.717) is 28.6 Å². The zero-order valence-electron chi connectivity index (χ0n) is 20.0. The lowest BCUT2D eigenvalue weighted by atomic mass is 9.86.